The lowest BCUT2D eigenvalue weighted by atomic mass is 9.99. The minimum atomic E-state index is -0.265. The van der Waals surface area contributed by atoms with Crippen LogP contribution in [0.15, 0.2) is 24.4 Å². The molecule has 1 unspecified atom stereocenters. The standard InChI is InChI=1S/C16H19FN2O/c1-11-4-3-7-19(10-11)15(20)8-12-9-18-14-6-2-5-13(17)16(12)14/h2,5-6,9,11,18H,3-4,7-8,10H2,1H3. The molecule has 1 atom stereocenters. The van der Waals surface area contributed by atoms with E-state index in [1.807, 2.05) is 11.0 Å². The van der Waals surface area contributed by atoms with Gasteiger partial charge < -0.3 is 9.88 Å². The maximum Gasteiger partial charge on any atom is 0.227 e. The van der Waals surface area contributed by atoms with Crippen molar-refractivity contribution in [3.63, 3.8) is 0 Å². The summed E-state index contributed by atoms with van der Waals surface area (Å²) < 4.78 is 13.9. The highest BCUT2D eigenvalue weighted by atomic mass is 19.1. The fourth-order valence-corrected chi connectivity index (χ4v) is 3.04. The Hall–Kier alpha value is -1.84. The number of nitrogens with zero attached hydrogens (tertiary/aromatic N) is 1. The van der Waals surface area contributed by atoms with Crippen LogP contribution in [0.1, 0.15) is 25.3 Å². The lowest BCUT2D eigenvalue weighted by Crippen LogP contribution is -2.39. The molecule has 1 aliphatic heterocycles. The highest BCUT2D eigenvalue weighted by Gasteiger charge is 2.22. The number of nitrogens with one attached hydrogen (secondary N) is 1. The number of H-pyrrole nitrogens is 1. The Morgan fingerprint density at radius 3 is 3.15 bits per heavy atom. The molecule has 0 bridgehead atoms. The van der Waals surface area contributed by atoms with Crippen LogP contribution in [-0.4, -0.2) is 28.9 Å². The van der Waals surface area contributed by atoms with E-state index in [-0.39, 0.29) is 18.1 Å². The Kier molecular flexibility index (Phi) is 3.47. The highest BCUT2D eigenvalue weighted by Crippen LogP contribution is 2.23. The van der Waals surface area contributed by atoms with Crippen LogP contribution in [0.25, 0.3) is 10.9 Å². The number of hydrogen-bond donors (Lipinski definition) is 1. The summed E-state index contributed by atoms with van der Waals surface area (Å²) in [6.45, 7) is 3.82. The molecule has 1 N–H and O–H groups in total. The number of carbonyl (C=O) groups is 1. The quantitative estimate of drug-likeness (QED) is 0.897. The van der Waals surface area contributed by atoms with E-state index >= 15 is 0 Å². The van der Waals surface area contributed by atoms with Gasteiger partial charge in [-0.1, -0.05) is 13.0 Å². The Morgan fingerprint density at radius 2 is 2.35 bits per heavy atom. The van der Waals surface area contributed by atoms with Crippen LogP contribution < -0.4 is 0 Å². The van der Waals surface area contributed by atoms with Gasteiger partial charge in [-0.3, -0.25) is 4.79 Å². The van der Waals surface area contributed by atoms with Crippen LogP contribution in [-0.2, 0) is 11.2 Å². The van der Waals surface area contributed by atoms with E-state index in [0.717, 1.165) is 30.6 Å². The van der Waals surface area contributed by atoms with Gasteiger partial charge in [-0.25, -0.2) is 4.39 Å². The maximum atomic E-state index is 13.9. The average Bonchev–Trinajstić information content (AvgIpc) is 2.83. The van der Waals surface area contributed by atoms with Gasteiger partial charge in [0.05, 0.1) is 6.42 Å². The van der Waals surface area contributed by atoms with Crippen LogP contribution in [0.4, 0.5) is 4.39 Å². The molecule has 4 heteroatoms. The van der Waals surface area contributed by atoms with Crippen molar-refractivity contribution in [2.24, 2.45) is 5.92 Å². The number of amides is 1. The molecule has 3 nitrogen and oxygen atoms in total. The fraction of sp³-hybridized carbons (Fsp3) is 0.438. The topological polar surface area (TPSA) is 36.1 Å². The average molecular weight is 274 g/mol. The molecule has 0 spiro atoms. The minimum absolute atomic E-state index is 0.0979. The number of hydrogen-bond acceptors (Lipinski definition) is 1. The predicted molar refractivity (Wildman–Crippen MR) is 76.9 cm³/mol. The van der Waals surface area contributed by atoms with Crippen molar-refractivity contribution in [1.82, 2.24) is 9.88 Å². The smallest absolute Gasteiger partial charge is 0.227 e. The first-order chi connectivity index (χ1) is 9.65. The summed E-state index contributed by atoms with van der Waals surface area (Å²) in [6.07, 6.45) is 4.27. The molecule has 20 heavy (non-hydrogen) atoms. The summed E-state index contributed by atoms with van der Waals surface area (Å²) in [5.74, 6) is 0.395. The molecule has 0 aliphatic carbocycles. The zero-order valence-corrected chi connectivity index (χ0v) is 11.7. The zero-order chi connectivity index (χ0) is 14.1. The summed E-state index contributed by atoms with van der Waals surface area (Å²) in [4.78, 5) is 17.3. The Morgan fingerprint density at radius 1 is 1.50 bits per heavy atom. The van der Waals surface area contributed by atoms with E-state index in [9.17, 15) is 9.18 Å². The van der Waals surface area contributed by atoms with E-state index in [1.165, 1.54) is 12.5 Å². The van der Waals surface area contributed by atoms with Gasteiger partial charge in [-0.2, -0.15) is 0 Å². The van der Waals surface area contributed by atoms with Gasteiger partial charge in [0.1, 0.15) is 5.82 Å². The molecule has 1 aliphatic rings. The third-order valence-corrected chi connectivity index (χ3v) is 4.09. The second-order valence-corrected chi connectivity index (χ2v) is 5.74. The molecule has 2 heterocycles. The zero-order valence-electron chi connectivity index (χ0n) is 11.7. The number of rotatable bonds is 2. The van der Waals surface area contributed by atoms with Crippen LogP contribution in [0.5, 0.6) is 0 Å². The van der Waals surface area contributed by atoms with Gasteiger partial charge in [-0.05, 0) is 36.5 Å². The van der Waals surface area contributed by atoms with E-state index < -0.39 is 0 Å². The largest absolute Gasteiger partial charge is 0.361 e. The summed E-state index contributed by atoms with van der Waals surface area (Å²) in [6, 6.07) is 4.94. The molecule has 1 aromatic heterocycles. The maximum absolute atomic E-state index is 13.9. The molecule has 3 rings (SSSR count). The van der Waals surface area contributed by atoms with Gasteiger partial charge in [0, 0.05) is 30.2 Å². The molecule has 1 aromatic carbocycles. The summed E-state index contributed by atoms with van der Waals surface area (Å²) >= 11 is 0. The second kappa shape index (κ2) is 5.27. The molecule has 1 saturated heterocycles. The van der Waals surface area contributed by atoms with Crippen LogP contribution in [0.3, 0.4) is 0 Å². The first-order valence-electron chi connectivity index (χ1n) is 7.17. The number of piperidine rings is 1. The highest BCUT2D eigenvalue weighted by molar-refractivity contribution is 5.89. The molecule has 106 valence electrons. The Labute approximate surface area is 117 Å². The number of halogens is 1. The number of aromatic amines is 1. The molecular weight excluding hydrogens is 255 g/mol. The minimum Gasteiger partial charge on any atom is -0.361 e. The number of fused-ring (bicyclic) bond motifs is 1. The van der Waals surface area contributed by atoms with Gasteiger partial charge in [-0.15, -0.1) is 0 Å². The van der Waals surface area contributed by atoms with Crippen LogP contribution >= 0.6 is 0 Å². The molecular formula is C16H19FN2O. The van der Waals surface area contributed by atoms with Gasteiger partial charge in [0.25, 0.3) is 0 Å². The van der Waals surface area contributed by atoms with Crippen molar-refractivity contribution in [1.29, 1.82) is 0 Å². The Balaban J connectivity index is 1.81. The van der Waals surface area contributed by atoms with Gasteiger partial charge >= 0.3 is 0 Å². The van der Waals surface area contributed by atoms with Crippen LogP contribution in [0, 0.1) is 11.7 Å². The lowest BCUT2D eigenvalue weighted by Gasteiger charge is -2.31. The lowest BCUT2D eigenvalue weighted by molar-refractivity contribution is -0.132. The SMILES string of the molecule is CC1CCCN(C(=O)Cc2c[nH]c3cccc(F)c23)C1. The first kappa shape index (κ1) is 13.2. The second-order valence-electron chi connectivity index (χ2n) is 5.74. The normalized spacial score (nSPS) is 19.5. The molecule has 1 amide bonds. The first-order valence-corrected chi connectivity index (χ1v) is 7.17. The van der Waals surface area contributed by atoms with Gasteiger partial charge in [0.15, 0.2) is 0 Å². The fourth-order valence-electron chi connectivity index (χ4n) is 3.04. The monoisotopic (exact) mass is 274 g/mol. The molecule has 1 fully saturated rings. The predicted octanol–water partition coefficient (Wildman–Crippen LogP) is 3.11. The van der Waals surface area contributed by atoms with Gasteiger partial charge in [0.2, 0.25) is 5.91 Å². The molecule has 0 saturated carbocycles. The van der Waals surface area contributed by atoms with Crippen molar-refractivity contribution in [2.45, 2.75) is 26.2 Å². The Bertz CT molecular complexity index is 634. The summed E-state index contributed by atoms with van der Waals surface area (Å²) in [5.41, 5.74) is 1.50. The van der Waals surface area contributed by atoms with E-state index in [4.69, 9.17) is 0 Å². The van der Waals surface area contributed by atoms with E-state index in [0.29, 0.717) is 11.3 Å². The van der Waals surface area contributed by atoms with Crippen LogP contribution in [0.2, 0.25) is 0 Å². The third-order valence-electron chi connectivity index (χ3n) is 4.09. The van der Waals surface area contributed by atoms with E-state index in [1.54, 1.807) is 12.3 Å². The number of carbonyl (C=O) groups excluding carboxylic acids is 1. The third kappa shape index (κ3) is 2.42. The molecule has 2 aromatic rings. The van der Waals surface area contributed by atoms with Crippen molar-refractivity contribution < 1.29 is 9.18 Å². The number of aromatic nitrogens is 1. The van der Waals surface area contributed by atoms with Crippen molar-refractivity contribution in [3.8, 4) is 0 Å². The van der Waals surface area contributed by atoms with Crippen molar-refractivity contribution >= 4 is 16.8 Å². The molecule has 0 radical (unpaired) electrons. The number of benzene rings is 1. The van der Waals surface area contributed by atoms with Crippen molar-refractivity contribution in [2.75, 3.05) is 13.1 Å². The number of likely N-dealkylation sites (tertiary alicyclic amines) is 1. The summed E-state index contributed by atoms with van der Waals surface area (Å²) in [7, 11) is 0. The van der Waals surface area contributed by atoms with Crippen molar-refractivity contribution in [3.05, 3.63) is 35.8 Å². The van der Waals surface area contributed by atoms with E-state index in [2.05, 4.69) is 11.9 Å². The summed E-state index contributed by atoms with van der Waals surface area (Å²) in [5, 5.41) is 0.547.